The van der Waals surface area contributed by atoms with E-state index in [9.17, 15) is 9.18 Å². The van der Waals surface area contributed by atoms with E-state index in [2.05, 4.69) is 4.98 Å². The van der Waals surface area contributed by atoms with Gasteiger partial charge in [0.25, 0.3) is 0 Å². The lowest BCUT2D eigenvalue weighted by Gasteiger charge is -1.94. The van der Waals surface area contributed by atoms with Gasteiger partial charge in [0.05, 0.1) is 0 Å². The molecule has 0 atom stereocenters. The zero-order valence-electron chi connectivity index (χ0n) is 9.83. The molecule has 0 saturated carbocycles. The number of pyridine rings is 1. The van der Waals surface area contributed by atoms with Gasteiger partial charge in [-0.05, 0) is 37.1 Å². The molecular weight excluding hydrogens is 219 g/mol. The Bertz CT molecular complexity index is 529. The van der Waals surface area contributed by atoms with Crippen LogP contribution in [0, 0.1) is 19.7 Å². The van der Waals surface area contributed by atoms with E-state index in [1.54, 1.807) is 31.3 Å². The Balaban J connectivity index is 0.000000171. The smallest absolute Gasteiger partial charge is 0.247 e. The van der Waals surface area contributed by atoms with Gasteiger partial charge < -0.3 is 10.7 Å². The molecule has 0 aliphatic carbocycles. The monoisotopic (exact) mass is 234 g/mol. The molecule has 0 aliphatic heterocycles. The second kappa shape index (κ2) is 5.84. The molecule has 0 amide bonds. The number of aryl methyl sites for hydroxylation is 2. The number of anilines is 1. The topological polar surface area (TPSA) is 58.9 Å². The van der Waals surface area contributed by atoms with Gasteiger partial charge in [-0.25, -0.2) is 4.39 Å². The number of aromatic amines is 1. The predicted octanol–water partition coefficient (Wildman–Crippen LogP) is 2.40. The van der Waals surface area contributed by atoms with Crippen LogP contribution >= 0.6 is 0 Å². The summed E-state index contributed by atoms with van der Waals surface area (Å²) in [7, 11) is 0. The van der Waals surface area contributed by atoms with Crippen molar-refractivity contribution in [2.45, 2.75) is 13.8 Å². The molecule has 0 bridgehead atoms. The second-order valence-electron chi connectivity index (χ2n) is 3.74. The lowest BCUT2D eigenvalue weighted by Crippen LogP contribution is -2.00. The standard InChI is InChI=1S/C7H8FN.C6H7NO/c1-5-2-3-6(9)4-7(5)8;1-5-2-3-6(8)7-4-5/h2-4H,9H2,1H3;2-4H,1H3,(H,7,8). The van der Waals surface area contributed by atoms with Crippen LogP contribution < -0.4 is 11.3 Å². The highest BCUT2D eigenvalue weighted by atomic mass is 19.1. The van der Waals surface area contributed by atoms with Gasteiger partial charge in [-0.1, -0.05) is 12.1 Å². The highest BCUT2D eigenvalue weighted by molar-refractivity contribution is 5.39. The van der Waals surface area contributed by atoms with Crippen LogP contribution in [-0.4, -0.2) is 4.98 Å². The Morgan fingerprint density at radius 1 is 1.18 bits per heavy atom. The number of aromatic nitrogens is 1. The Hall–Kier alpha value is -2.10. The average molecular weight is 234 g/mol. The SMILES string of the molecule is Cc1ccc(=O)[nH]c1.Cc1ccc(N)cc1F. The first-order valence-corrected chi connectivity index (χ1v) is 5.16. The van der Waals surface area contributed by atoms with E-state index >= 15 is 0 Å². The number of hydrogen-bond acceptors (Lipinski definition) is 2. The largest absolute Gasteiger partial charge is 0.399 e. The van der Waals surface area contributed by atoms with E-state index in [1.807, 2.05) is 6.92 Å². The third-order valence-electron chi connectivity index (χ3n) is 2.14. The number of H-pyrrole nitrogens is 1. The minimum absolute atomic E-state index is 0.0457. The summed E-state index contributed by atoms with van der Waals surface area (Å²) in [5, 5.41) is 0. The zero-order chi connectivity index (χ0) is 12.8. The maximum atomic E-state index is 12.5. The first kappa shape index (κ1) is 13.0. The molecule has 3 nitrogen and oxygen atoms in total. The molecule has 90 valence electrons. The molecule has 4 heteroatoms. The fraction of sp³-hybridized carbons (Fsp3) is 0.154. The molecule has 2 rings (SSSR count). The summed E-state index contributed by atoms with van der Waals surface area (Å²) >= 11 is 0. The maximum absolute atomic E-state index is 12.5. The van der Waals surface area contributed by atoms with E-state index in [1.165, 1.54) is 12.1 Å². The quantitative estimate of drug-likeness (QED) is 0.688. The summed E-state index contributed by atoms with van der Waals surface area (Å²) < 4.78 is 12.5. The summed E-state index contributed by atoms with van der Waals surface area (Å²) in [6, 6.07) is 7.94. The lowest BCUT2D eigenvalue weighted by atomic mass is 10.2. The highest BCUT2D eigenvalue weighted by Gasteiger charge is 1.93. The number of hydrogen-bond donors (Lipinski definition) is 2. The normalized spacial score (nSPS) is 9.35. The zero-order valence-corrected chi connectivity index (χ0v) is 9.83. The molecule has 0 saturated heterocycles. The van der Waals surface area contributed by atoms with Crippen LogP contribution in [0.25, 0.3) is 0 Å². The Labute approximate surface area is 99.1 Å². The van der Waals surface area contributed by atoms with Crippen molar-refractivity contribution in [1.82, 2.24) is 4.98 Å². The molecule has 3 N–H and O–H groups in total. The molecular formula is C13H15FN2O. The summed E-state index contributed by atoms with van der Waals surface area (Å²) in [6.45, 7) is 3.63. The van der Waals surface area contributed by atoms with Gasteiger partial charge in [-0.2, -0.15) is 0 Å². The third-order valence-corrected chi connectivity index (χ3v) is 2.14. The number of halogens is 1. The molecule has 0 radical (unpaired) electrons. The van der Waals surface area contributed by atoms with Crippen molar-refractivity contribution >= 4 is 5.69 Å². The van der Waals surface area contributed by atoms with Gasteiger partial charge in [0.1, 0.15) is 5.82 Å². The minimum Gasteiger partial charge on any atom is -0.399 e. The van der Waals surface area contributed by atoms with Crippen LogP contribution in [0.1, 0.15) is 11.1 Å². The summed E-state index contributed by atoms with van der Waals surface area (Å²) in [6.07, 6.45) is 1.68. The van der Waals surface area contributed by atoms with E-state index in [4.69, 9.17) is 5.73 Å². The number of nitrogens with one attached hydrogen (secondary N) is 1. The number of nitrogens with two attached hydrogens (primary N) is 1. The van der Waals surface area contributed by atoms with Gasteiger partial charge in [0, 0.05) is 18.0 Å². The molecule has 0 fully saturated rings. The lowest BCUT2D eigenvalue weighted by molar-refractivity contribution is 0.619. The summed E-state index contributed by atoms with van der Waals surface area (Å²) in [5.41, 5.74) is 7.41. The Morgan fingerprint density at radius 2 is 1.88 bits per heavy atom. The molecule has 0 spiro atoms. The number of nitrogen functional groups attached to an aromatic ring is 1. The van der Waals surface area contributed by atoms with E-state index in [0.717, 1.165) is 5.56 Å². The van der Waals surface area contributed by atoms with Crippen LogP contribution in [0.3, 0.4) is 0 Å². The molecule has 2 aromatic rings. The van der Waals surface area contributed by atoms with Gasteiger partial charge in [-0.3, -0.25) is 4.79 Å². The average Bonchev–Trinajstić information content (AvgIpc) is 2.29. The van der Waals surface area contributed by atoms with E-state index < -0.39 is 0 Å². The third kappa shape index (κ3) is 4.51. The van der Waals surface area contributed by atoms with Crippen molar-refractivity contribution in [3.05, 3.63) is 63.8 Å². The predicted molar refractivity (Wildman–Crippen MR) is 67.3 cm³/mol. The molecule has 1 aromatic carbocycles. The molecule has 0 aliphatic rings. The highest BCUT2D eigenvalue weighted by Crippen LogP contribution is 2.09. The first-order chi connectivity index (χ1) is 7.99. The van der Waals surface area contributed by atoms with Crippen LogP contribution in [0.5, 0.6) is 0 Å². The van der Waals surface area contributed by atoms with Crippen molar-refractivity contribution in [1.29, 1.82) is 0 Å². The molecule has 1 aromatic heterocycles. The molecule has 1 heterocycles. The maximum Gasteiger partial charge on any atom is 0.247 e. The Kier molecular flexibility index (Phi) is 4.46. The van der Waals surface area contributed by atoms with Crippen molar-refractivity contribution in [2.75, 3.05) is 5.73 Å². The van der Waals surface area contributed by atoms with Crippen molar-refractivity contribution in [3.63, 3.8) is 0 Å². The number of rotatable bonds is 0. The van der Waals surface area contributed by atoms with Crippen LogP contribution in [0.15, 0.2) is 41.3 Å². The van der Waals surface area contributed by atoms with E-state index in [0.29, 0.717) is 11.3 Å². The summed E-state index contributed by atoms with van der Waals surface area (Å²) in [4.78, 5) is 12.9. The Morgan fingerprint density at radius 3 is 2.29 bits per heavy atom. The van der Waals surface area contributed by atoms with Crippen LogP contribution in [0.2, 0.25) is 0 Å². The first-order valence-electron chi connectivity index (χ1n) is 5.16. The molecule has 17 heavy (non-hydrogen) atoms. The van der Waals surface area contributed by atoms with Gasteiger partial charge in [-0.15, -0.1) is 0 Å². The fourth-order valence-electron chi connectivity index (χ4n) is 1.10. The summed E-state index contributed by atoms with van der Waals surface area (Å²) in [5.74, 6) is -0.241. The van der Waals surface area contributed by atoms with Gasteiger partial charge >= 0.3 is 0 Å². The van der Waals surface area contributed by atoms with Crippen molar-refractivity contribution in [3.8, 4) is 0 Å². The molecule has 0 unspecified atom stereocenters. The van der Waals surface area contributed by atoms with Gasteiger partial charge in [0.2, 0.25) is 5.56 Å². The van der Waals surface area contributed by atoms with E-state index in [-0.39, 0.29) is 11.4 Å². The number of benzene rings is 1. The van der Waals surface area contributed by atoms with Crippen molar-refractivity contribution < 1.29 is 4.39 Å². The minimum atomic E-state index is -0.241. The van der Waals surface area contributed by atoms with Crippen LogP contribution in [-0.2, 0) is 0 Å². The van der Waals surface area contributed by atoms with Gasteiger partial charge in [0.15, 0.2) is 0 Å². The van der Waals surface area contributed by atoms with Crippen molar-refractivity contribution in [2.24, 2.45) is 0 Å². The second-order valence-corrected chi connectivity index (χ2v) is 3.74. The van der Waals surface area contributed by atoms with Crippen LogP contribution in [0.4, 0.5) is 10.1 Å². The fourth-order valence-corrected chi connectivity index (χ4v) is 1.10.